The molecule has 102 valence electrons. The van der Waals surface area contributed by atoms with Crippen molar-refractivity contribution < 1.29 is 4.42 Å². The molecule has 0 saturated heterocycles. The molecule has 0 atom stereocenters. The second kappa shape index (κ2) is 8.39. The maximum absolute atomic E-state index is 5.87. The Labute approximate surface area is 125 Å². The molecule has 4 nitrogen and oxygen atoms in total. The first-order chi connectivity index (χ1) is 8.34. The van der Waals surface area contributed by atoms with Gasteiger partial charge >= 0.3 is 0 Å². The number of rotatable bonds is 3. The number of nitrogens with one attached hydrogen (secondary N) is 1. The van der Waals surface area contributed by atoms with Crippen LogP contribution in [0.1, 0.15) is 44.3 Å². The zero-order valence-corrected chi connectivity index (χ0v) is 12.9. The summed E-state index contributed by atoms with van der Waals surface area (Å²) in [5.74, 6) is 1.38. The molecule has 1 aromatic rings. The van der Waals surface area contributed by atoms with Gasteiger partial charge in [0.05, 0.1) is 6.26 Å². The van der Waals surface area contributed by atoms with E-state index in [2.05, 4.69) is 10.3 Å². The van der Waals surface area contributed by atoms with Gasteiger partial charge in [0.15, 0.2) is 5.96 Å². The lowest BCUT2D eigenvalue weighted by molar-refractivity contribution is 0.508. The van der Waals surface area contributed by atoms with Crippen molar-refractivity contribution in [2.75, 3.05) is 0 Å². The molecule has 0 spiro atoms. The van der Waals surface area contributed by atoms with Crippen LogP contribution in [0.2, 0.25) is 0 Å². The minimum Gasteiger partial charge on any atom is -0.467 e. The van der Waals surface area contributed by atoms with Gasteiger partial charge in [-0.2, -0.15) is 0 Å². The second-order valence-electron chi connectivity index (χ2n) is 4.61. The molecule has 3 N–H and O–H groups in total. The van der Waals surface area contributed by atoms with E-state index in [9.17, 15) is 0 Å². The van der Waals surface area contributed by atoms with Crippen LogP contribution in [-0.2, 0) is 6.54 Å². The lowest BCUT2D eigenvalue weighted by atomic mass is 10.1. The molecular weight excluding hydrogens is 341 g/mol. The van der Waals surface area contributed by atoms with Crippen molar-refractivity contribution in [2.24, 2.45) is 10.7 Å². The molecule has 0 aromatic carbocycles. The Hall–Kier alpha value is -0.720. The van der Waals surface area contributed by atoms with Crippen LogP contribution in [0.15, 0.2) is 27.8 Å². The van der Waals surface area contributed by atoms with E-state index >= 15 is 0 Å². The molecule has 0 radical (unpaired) electrons. The summed E-state index contributed by atoms with van der Waals surface area (Å²) in [5, 5.41) is 3.31. The van der Waals surface area contributed by atoms with E-state index in [0.29, 0.717) is 18.5 Å². The highest BCUT2D eigenvalue weighted by atomic mass is 127. The maximum Gasteiger partial charge on any atom is 0.189 e. The molecule has 1 fully saturated rings. The summed E-state index contributed by atoms with van der Waals surface area (Å²) in [6, 6.07) is 4.26. The number of halogens is 1. The van der Waals surface area contributed by atoms with E-state index < -0.39 is 0 Å². The van der Waals surface area contributed by atoms with Crippen LogP contribution in [0.4, 0.5) is 0 Å². The first kappa shape index (κ1) is 15.3. The standard InChI is InChI=1S/C13H21N3O.HI/c14-13(15-10-12-8-5-9-17-12)16-11-6-3-1-2-4-7-11;/h5,8-9,11H,1-4,6-7,10H2,(H3,14,15,16);1H. The summed E-state index contributed by atoms with van der Waals surface area (Å²) in [5.41, 5.74) is 5.87. The highest BCUT2D eigenvalue weighted by Gasteiger charge is 2.12. The average molecular weight is 363 g/mol. The zero-order chi connectivity index (χ0) is 11.9. The topological polar surface area (TPSA) is 63.5 Å². The SMILES string of the molecule is I.NC(=NCc1ccco1)NC1CCCCCC1. The molecule has 1 aliphatic rings. The van der Waals surface area contributed by atoms with Crippen molar-refractivity contribution in [3.05, 3.63) is 24.2 Å². The molecule has 5 heteroatoms. The first-order valence-corrected chi connectivity index (χ1v) is 6.43. The Balaban J connectivity index is 0.00000162. The molecule has 0 aliphatic heterocycles. The van der Waals surface area contributed by atoms with E-state index in [1.54, 1.807) is 6.26 Å². The molecule has 18 heavy (non-hydrogen) atoms. The molecule has 0 unspecified atom stereocenters. The van der Waals surface area contributed by atoms with Crippen molar-refractivity contribution in [3.8, 4) is 0 Å². The fourth-order valence-electron chi connectivity index (χ4n) is 2.24. The predicted molar refractivity (Wildman–Crippen MR) is 84.1 cm³/mol. The maximum atomic E-state index is 5.87. The second-order valence-corrected chi connectivity index (χ2v) is 4.61. The monoisotopic (exact) mass is 363 g/mol. The van der Waals surface area contributed by atoms with Crippen LogP contribution in [0, 0.1) is 0 Å². The summed E-state index contributed by atoms with van der Waals surface area (Å²) in [6.07, 6.45) is 9.35. The first-order valence-electron chi connectivity index (χ1n) is 6.43. The molecule has 0 bridgehead atoms. The molecule has 1 saturated carbocycles. The average Bonchev–Trinajstić information content (AvgIpc) is 2.72. The number of aliphatic imine (C=N–C) groups is 1. The van der Waals surface area contributed by atoms with Crippen LogP contribution >= 0.6 is 24.0 Å². The normalized spacial score (nSPS) is 17.9. The third-order valence-corrected chi connectivity index (χ3v) is 3.19. The summed E-state index contributed by atoms with van der Waals surface area (Å²) >= 11 is 0. The highest BCUT2D eigenvalue weighted by Crippen LogP contribution is 2.16. The van der Waals surface area contributed by atoms with E-state index in [-0.39, 0.29) is 24.0 Å². The van der Waals surface area contributed by atoms with Gasteiger partial charge in [0.1, 0.15) is 12.3 Å². The third-order valence-electron chi connectivity index (χ3n) is 3.19. The Morgan fingerprint density at radius 2 is 2.06 bits per heavy atom. The summed E-state index contributed by atoms with van der Waals surface area (Å²) in [4.78, 5) is 4.28. The van der Waals surface area contributed by atoms with Crippen molar-refractivity contribution in [3.63, 3.8) is 0 Å². The smallest absolute Gasteiger partial charge is 0.189 e. The molecular formula is C13H22IN3O. The number of hydrogen-bond donors (Lipinski definition) is 2. The van der Waals surface area contributed by atoms with Gasteiger partial charge < -0.3 is 15.5 Å². The van der Waals surface area contributed by atoms with Gasteiger partial charge in [0.2, 0.25) is 0 Å². The van der Waals surface area contributed by atoms with E-state index in [1.165, 1.54) is 38.5 Å². The highest BCUT2D eigenvalue weighted by molar-refractivity contribution is 14.0. The largest absolute Gasteiger partial charge is 0.467 e. The van der Waals surface area contributed by atoms with Gasteiger partial charge in [0.25, 0.3) is 0 Å². The fraction of sp³-hybridized carbons (Fsp3) is 0.615. The zero-order valence-electron chi connectivity index (χ0n) is 10.6. The summed E-state index contributed by atoms with van der Waals surface area (Å²) in [6.45, 7) is 0.512. The van der Waals surface area contributed by atoms with E-state index in [1.807, 2.05) is 12.1 Å². The Kier molecular flexibility index (Phi) is 7.15. The Morgan fingerprint density at radius 3 is 2.67 bits per heavy atom. The Bertz CT molecular complexity index is 343. The molecule has 0 amide bonds. The quantitative estimate of drug-likeness (QED) is 0.376. The van der Waals surface area contributed by atoms with Gasteiger partial charge in [0, 0.05) is 6.04 Å². The minimum atomic E-state index is 0. The van der Waals surface area contributed by atoms with Crippen molar-refractivity contribution in [1.82, 2.24) is 5.32 Å². The summed E-state index contributed by atoms with van der Waals surface area (Å²) in [7, 11) is 0. The van der Waals surface area contributed by atoms with Gasteiger partial charge in [-0.05, 0) is 25.0 Å². The molecule has 2 rings (SSSR count). The van der Waals surface area contributed by atoms with E-state index in [0.717, 1.165) is 5.76 Å². The van der Waals surface area contributed by atoms with Gasteiger partial charge in [-0.1, -0.05) is 25.7 Å². The van der Waals surface area contributed by atoms with Crippen molar-refractivity contribution in [2.45, 2.75) is 51.1 Å². The van der Waals surface area contributed by atoms with Crippen molar-refractivity contribution >= 4 is 29.9 Å². The molecule has 1 aliphatic carbocycles. The summed E-state index contributed by atoms with van der Waals surface area (Å²) < 4.78 is 5.20. The number of hydrogen-bond acceptors (Lipinski definition) is 2. The van der Waals surface area contributed by atoms with Crippen LogP contribution in [0.3, 0.4) is 0 Å². The minimum absolute atomic E-state index is 0. The molecule has 1 aromatic heterocycles. The fourth-order valence-corrected chi connectivity index (χ4v) is 2.24. The van der Waals surface area contributed by atoms with Gasteiger partial charge in [-0.15, -0.1) is 24.0 Å². The number of nitrogens with two attached hydrogens (primary N) is 1. The van der Waals surface area contributed by atoms with Crippen LogP contribution in [0.25, 0.3) is 0 Å². The third kappa shape index (κ3) is 5.29. The van der Waals surface area contributed by atoms with Crippen LogP contribution in [0.5, 0.6) is 0 Å². The van der Waals surface area contributed by atoms with Gasteiger partial charge in [-0.3, -0.25) is 0 Å². The Morgan fingerprint density at radius 1 is 1.33 bits per heavy atom. The number of nitrogens with zero attached hydrogens (tertiary/aromatic N) is 1. The predicted octanol–water partition coefficient (Wildman–Crippen LogP) is 3.02. The van der Waals surface area contributed by atoms with Crippen LogP contribution in [-0.4, -0.2) is 12.0 Å². The van der Waals surface area contributed by atoms with Crippen LogP contribution < -0.4 is 11.1 Å². The van der Waals surface area contributed by atoms with E-state index in [4.69, 9.17) is 10.2 Å². The van der Waals surface area contributed by atoms with Gasteiger partial charge in [-0.25, -0.2) is 4.99 Å². The number of furan rings is 1. The van der Waals surface area contributed by atoms with Crippen molar-refractivity contribution in [1.29, 1.82) is 0 Å². The lowest BCUT2D eigenvalue weighted by Crippen LogP contribution is -2.39. The lowest BCUT2D eigenvalue weighted by Gasteiger charge is -2.16. The molecule has 1 heterocycles. The number of guanidine groups is 1.